The molecule has 3 nitrogen and oxygen atoms in total. The fraction of sp³-hybridized carbons (Fsp3) is 0.533. The predicted octanol–water partition coefficient (Wildman–Crippen LogP) is 3.21. The fourth-order valence-corrected chi connectivity index (χ4v) is 2.85. The summed E-state index contributed by atoms with van der Waals surface area (Å²) in [6.07, 6.45) is 3.10. The van der Waals surface area contributed by atoms with Crippen molar-refractivity contribution in [2.75, 3.05) is 18.1 Å². The number of ketones is 1. The molecule has 0 saturated carbocycles. The van der Waals surface area contributed by atoms with Gasteiger partial charge in [0, 0.05) is 22.1 Å². The summed E-state index contributed by atoms with van der Waals surface area (Å²) < 4.78 is 17.1. The van der Waals surface area contributed by atoms with Crippen LogP contribution in [0.3, 0.4) is 0 Å². The van der Waals surface area contributed by atoms with Gasteiger partial charge in [-0.2, -0.15) is 0 Å². The van der Waals surface area contributed by atoms with Crippen LogP contribution in [-0.4, -0.2) is 28.1 Å². The van der Waals surface area contributed by atoms with Gasteiger partial charge < -0.3 is 4.74 Å². The highest BCUT2D eigenvalue weighted by atomic mass is 32.2. The van der Waals surface area contributed by atoms with Crippen molar-refractivity contribution in [3.05, 3.63) is 29.8 Å². The molecule has 19 heavy (non-hydrogen) atoms. The van der Waals surface area contributed by atoms with Crippen LogP contribution in [0.2, 0.25) is 0 Å². The highest BCUT2D eigenvalue weighted by Gasteiger charge is 2.10. The number of ether oxygens (including phenoxy) is 1. The Labute approximate surface area is 117 Å². The lowest BCUT2D eigenvalue weighted by atomic mass is 10.1. The molecule has 1 aromatic rings. The van der Waals surface area contributed by atoms with Crippen molar-refractivity contribution in [2.24, 2.45) is 0 Å². The van der Waals surface area contributed by atoms with Gasteiger partial charge in [-0.25, -0.2) is 0 Å². The highest BCUT2D eigenvalue weighted by molar-refractivity contribution is 7.85. The fourth-order valence-electron chi connectivity index (χ4n) is 1.72. The first-order valence-electron chi connectivity index (χ1n) is 6.78. The molecule has 4 heteroatoms. The second-order valence-corrected chi connectivity index (χ2v) is 5.95. The van der Waals surface area contributed by atoms with Crippen LogP contribution in [0.15, 0.2) is 24.3 Å². The molecule has 1 aromatic carbocycles. The topological polar surface area (TPSA) is 43.4 Å². The summed E-state index contributed by atoms with van der Waals surface area (Å²) in [5, 5.41) is 0. The average molecular weight is 282 g/mol. The molecule has 0 saturated heterocycles. The molecular formula is C15H22O3S. The van der Waals surface area contributed by atoms with Crippen LogP contribution in [0.5, 0.6) is 5.75 Å². The van der Waals surface area contributed by atoms with Gasteiger partial charge in [-0.1, -0.05) is 19.8 Å². The summed E-state index contributed by atoms with van der Waals surface area (Å²) in [4.78, 5) is 11.9. The van der Waals surface area contributed by atoms with Crippen molar-refractivity contribution in [2.45, 2.75) is 33.1 Å². The Morgan fingerprint density at radius 3 is 2.42 bits per heavy atom. The average Bonchev–Trinajstić information content (AvgIpc) is 2.40. The Morgan fingerprint density at radius 2 is 1.84 bits per heavy atom. The minimum atomic E-state index is -1.04. The van der Waals surface area contributed by atoms with Crippen LogP contribution in [0.1, 0.15) is 43.5 Å². The second-order valence-electron chi connectivity index (χ2n) is 4.38. The van der Waals surface area contributed by atoms with Gasteiger partial charge in [0.2, 0.25) is 0 Å². The Kier molecular flexibility index (Phi) is 7.41. The quantitative estimate of drug-likeness (QED) is 0.516. The molecule has 1 unspecified atom stereocenters. The van der Waals surface area contributed by atoms with E-state index in [2.05, 4.69) is 6.92 Å². The zero-order valence-electron chi connectivity index (χ0n) is 11.7. The van der Waals surface area contributed by atoms with Crippen molar-refractivity contribution < 1.29 is 13.7 Å². The molecule has 0 radical (unpaired) electrons. The maximum absolute atomic E-state index is 11.9. The third kappa shape index (κ3) is 6.01. The zero-order chi connectivity index (χ0) is 14.1. The molecule has 0 heterocycles. The second kappa shape index (κ2) is 8.86. The Balaban J connectivity index is 2.46. The number of carbonyl (C=O) groups is 1. The van der Waals surface area contributed by atoms with Crippen molar-refractivity contribution in [1.29, 1.82) is 0 Å². The molecule has 0 bridgehead atoms. The van der Waals surface area contributed by atoms with Crippen LogP contribution in [0.25, 0.3) is 0 Å². The van der Waals surface area contributed by atoms with Crippen molar-refractivity contribution in [3.63, 3.8) is 0 Å². The lowest BCUT2D eigenvalue weighted by molar-refractivity contribution is 0.102. The molecule has 0 aliphatic rings. The highest BCUT2D eigenvalue weighted by Crippen LogP contribution is 2.13. The summed E-state index contributed by atoms with van der Waals surface area (Å²) in [7, 11) is -1.04. The van der Waals surface area contributed by atoms with E-state index < -0.39 is 10.8 Å². The van der Waals surface area contributed by atoms with Gasteiger partial charge in [0.15, 0.2) is 5.78 Å². The van der Waals surface area contributed by atoms with E-state index >= 15 is 0 Å². The molecule has 0 fully saturated rings. The maximum Gasteiger partial charge on any atom is 0.175 e. The van der Waals surface area contributed by atoms with E-state index in [9.17, 15) is 9.00 Å². The van der Waals surface area contributed by atoms with Gasteiger partial charge >= 0.3 is 0 Å². The summed E-state index contributed by atoms with van der Waals surface area (Å²) >= 11 is 0. The first-order valence-corrected chi connectivity index (χ1v) is 8.27. The predicted molar refractivity (Wildman–Crippen MR) is 79.3 cm³/mol. The third-order valence-corrected chi connectivity index (χ3v) is 4.08. The van der Waals surface area contributed by atoms with E-state index in [0.717, 1.165) is 25.0 Å². The monoisotopic (exact) mass is 282 g/mol. The summed E-state index contributed by atoms with van der Waals surface area (Å²) in [6.45, 7) is 4.63. The van der Waals surface area contributed by atoms with Crippen LogP contribution in [0.4, 0.5) is 0 Å². The Bertz CT molecular complexity index is 412. The number of rotatable bonds is 9. The van der Waals surface area contributed by atoms with Crippen LogP contribution >= 0.6 is 0 Å². The van der Waals surface area contributed by atoms with E-state index in [1.165, 1.54) is 0 Å². The van der Waals surface area contributed by atoms with Crippen LogP contribution in [0, 0.1) is 0 Å². The Morgan fingerprint density at radius 1 is 1.16 bits per heavy atom. The number of benzene rings is 1. The largest absolute Gasteiger partial charge is 0.494 e. The van der Waals surface area contributed by atoms with Gasteiger partial charge in [-0.15, -0.1) is 0 Å². The summed E-state index contributed by atoms with van der Waals surface area (Å²) in [5.74, 6) is 1.44. The number of hydrogen-bond donors (Lipinski definition) is 0. The van der Waals surface area contributed by atoms with Crippen molar-refractivity contribution in [1.82, 2.24) is 0 Å². The van der Waals surface area contributed by atoms with Crippen LogP contribution in [-0.2, 0) is 10.8 Å². The molecule has 0 aliphatic carbocycles. The molecule has 0 aliphatic heterocycles. The molecule has 0 amide bonds. The van der Waals surface area contributed by atoms with E-state index in [1.807, 2.05) is 6.92 Å². The van der Waals surface area contributed by atoms with Crippen molar-refractivity contribution in [3.8, 4) is 5.75 Å². The van der Waals surface area contributed by atoms with E-state index in [-0.39, 0.29) is 11.5 Å². The number of carbonyl (C=O) groups excluding carboxylic acids is 1. The lowest BCUT2D eigenvalue weighted by Gasteiger charge is -2.05. The SMILES string of the molecule is CCCCCS(=O)CC(=O)c1ccc(OCC)cc1. The molecule has 1 rings (SSSR count). The summed E-state index contributed by atoms with van der Waals surface area (Å²) in [6, 6.07) is 7.01. The maximum atomic E-state index is 11.9. The van der Waals surface area contributed by atoms with Crippen LogP contribution < -0.4 is 4.74 Å². The molecule has 1 atom stereocenters. The first kappa shape index (κ1) is 15.9. The van der Waals surface area contributed by atoms with Gasteiger partial charge in [0.05, 0.1) is 12.4 Å². The molecular weight excluding hydrogens is 260 g/mol. The van der Waals surface area contributed by atoms with Gasteiger partial charge in [-0.3, -0.25) is 9.00 Å². The van der Waals surface area contributed by atoms with Gasteiger partial charge in [-0.05, 0) is 37.6 Å². The molecule has 0 spiro atoms. The molecule has 106 valence electrons. The Hall–Kier alpha value is -1.16. The number of hydrogen-bond acceptors (Lipinski definition) is 3. The van der Waals surface area contributed by atoms with E-state index in [1.54, 1.807) is 24.3 Å². The van der Waals surface area contributed by atoms with Crippen molar-refractivity contribution >= 4 is 16.6 Å². The van der Waals surface area contributed by atoms with E-state index in [0.29, 0.717) is 17.9 Å². The van der Waals surface area contributed by atoms with E-state index in [4.69, 9.17) is 4.74 Å². The normalized spacial score (nSPS) is 12.1. The molecule has 0 aromatic heterocycles. The first-order chi connectivity index (χ1) is 9.17. The number of unbranched alkanes of at least 4 members (excludes halogenated alkanes) is 2. The van der Waals surface area contributed by atoms with Gasteiger partial charge in [0.25, 0.3) is 0 Å². The van der Waals surface area contributed by atoms with Gasteiger partial charge in [0.1, 0.15) is 5.75 Å². The molecule has 0 N–H and O–H groups in total. The summed E-state index contributed by atoms with van der Waals surface area (Å²) in [5.41, 5.74) is 0.604. The minimum Gasteiger partial charge on any atom is -0.494 e. The zero-order valence-corrected chi connectivity index (χ0v) is 12.5. The standard InChI is InChI=1S/C15H22O3S/c1-3-5-6-11-19(17)12-15(16)13-7-9-14(10-8-13)18-4-2/h7-10H,3-6,11-12H2,1-2H3. The third-order valence-electron chi connectivity index (χ3n) is 2.75. The lowest BCUT2D eigenvalue weighted by Crippen LogP contribution is -2.13. The minimum absolute atomic E-state index is 0.0575. The smallest absolute Gasteiger partial charge is 0.175 e. The number of Topliss-reactive ketones (excluding diaryl/α,β-unsaturated/α-hetero) is 1.